The maximum Gasteiger partial charge on any atom is 0.261 e. The number of anilines is 2. The fraction of sp³-hybridized carbons (Fsp3) is 0.294. The zero-order chi connectivity index (χ0) is 31.5. The molecule has 4 heterocycles. The molecule has 0 unspecified atom stereocenters. The van der Waals surface area contributed by atoms with Crippen LogP contribution in [0.25, 0.3) is 33.3 Å². The molecule has 1 saturated heterocycles. The first kappa shape index (κ1) is 30.2. The Hall–Kier alpha value is -4.87. The molecule has 0 saturated carbocycles. The Morgan fingerprint density at radius 1 is 1.00 bits per heavy atom. The first-order valence-corrected chi connectivity index (χ1v) is 15.0. The number of benzene rings is 2. The van der Waals surface area contributed by atoms with Crippen LogP contribution in [0, 0.1) is 11.7 Å². The molecule has 0 spiro atoms. The lowest BCUT2D eigenvalue weighted by Gasteiger charge is -2.23. The number of nitrogens with one attached hydrogen (secondary N) is 1. The number of carbonyl (C=O) groups is 1. The maximum absolute atomic E-state index is 13.7. The van der Waals surface area contributed by atoms with Crippen molar-refractivity contribution in [2.45, 2.75) is 25.9 Å². The van der Waals surface area contributed by atoms with Crippen molar-refractivity contribution in [1.82, 2.24) is 24.0 Å². The molecule has 0 aliphatic carbocycles. The molecule has 1 aliphatic rings. The molecule has 2 aromatic carbocycles. The molecule has 6 rings (SSSR count). The van der Waals surface area contributed by atoms with Crippen molar-refractivity contribution >= 4 is 28.4 Å². The summed E-state index contributed by atoms with van der Waals surface area (Å²) in [5, 5.41) is 3.66. The van der Waals surface area contributed by atoms with E-state index < -0.39 is 17.2 Å². The van der Waals surface area contributed by atoms with Crippen LogP contribution in [0.4, 0.5) is 15.9 Å². The number of likely N-dealkylation sites (N-methyl/N-ethyl adjacent to an activating group) is 1. The normalized spacial score (nSPS) is 13.9. The number of pyridine rings is 1. The lowest BCUT2D eigenvalue weighted by Crippen LogP contribution is -2.26. The van der Waals surface area contributed by atoms with Crippen molar-refractivity contribution in [2.24, 2.45) is 5.92 Å². The van der Waals surface area contributed by atoms with Crippen LogP contribution in [-0.4, -0.2) is 63.8 Å². The zero-order valence-electron chi connectivity index (χ0n) is 25.4. The van der Waals surface area contributed by atoms with Gasteiger partial charge in [-0.15, -0.1) is 0 Å². The van der Waals surface area contributed by atoms with Gasteiger partial charge in [0.1, 0.15) is 29.2 Å². The van der Waals surface area contributed by atoms with Crippen molar-refractivity contribution in [3.8, 4) is 22.3 Å². The molecule has 3 N–H and O–H groups in total. The van der Waals surface area contributed by atoms with Crippen LogP contribution in [-0.2, 0) is 17.8 Å². The molecule has 1 fully saturated rings. The van der Waals surface area contributed by atoms with E-state index in [1.54, 1.807) is 36.7 Å². The first-order chi connectivity index (χ1) is 21.8. The van der Waals surface area contributed by atoms with Gasteiger partial charge in [-0.05, 0) is 68.2 Å². The smallest absolute Gasteiger partial charge is 0.261 e. The van der Waals surface area contributed by atoms with E-state index >= 15 is 0 Å². The molecule has 0 atom stereocenters. The third-order valence-corrected chi connectivity index (χ3v) is 8.21. The molecule has 1 amide bonds. The standard InChI is InChI=1S/C34H36FN7O3/c1-40(2)13-14-42-20-27(30-32(36)37-21-38-33(30)42)23-5-9-26(10-6-23)39-34(44)29-19-41(17-22-11-15-45-16-12-22)18-28(31(29)43)24-3-7-25(35)8-4-24/h3-10,18-22H,11-17H2,1-2H3,(H,39,44)(H2,36,37,38). The van der Waals surface area contributed by atoms with E-state index in [-0.39, 0.29) is 5.56 Å². The highest BCUT2D eigenvalue weighted by Crippen LogP contribution is 2.33. The van der Waals surface area contributed by atoms with Crippen molar-refractivity contribution in [3.05, 3.63) is 95.1 Å². The molecule has 1 aliphatic heterocycles. The number of nitrogen functional groups attached to an aromatic ring is 1. The Kier molecular flexibility index (Phi) is 8.72. The van der Waals surface area contributed by atoms with Gasteiger partial charge < -0.3 is 29.8 Å². The van der Waals surface area contributed by atoms with Crippen molar-refractivity contribution in [2.75, 3.05) is 44.9 Å². The second-order valence-corrected chi connectivity index (χ2v) is 11.7. The number of hydrogen-bond acceptors (Lipinski definition) is 7. The predicted molar refractivity (Wildman–Crippen MR) is 174 cm³/mol. The van der Waals surface area contributed by atoms with Gasteiger partial charge in [-0.3, -0.25) is 9.59 Å². The minimum atomic E-state index is -0.518. The van der Waals surface area contributed by atoms with Crippen LogP contribution in [0.3, 0.4) is 0 Å². The van der Waals surface area contributed by atoms with Gasteiger partial charge in [0.2, 0.25) is 5.43 Å². The fourth-order valence-corrected chi connectivity index (χ4v) is 5.74. The number of nitrogens with two attached hydrogens (primary N) is 1. The molecule has 5 aromatic rings. The second-order valence-electron chi connectivity index (χ2n) is 11.7. The number of fused-ring (bicyclic) bond motifs is 1. The summed E-state index contributed by atoms with van der Waals surface area (Å²) in [6.45, 7) is 3.58. The average Bonchev–Trinajstić information content (AvgIpc) is 3.42. The molecular weight excluding hydrogens is 573 g/mol. The summed E-state index contributed by atoms with van der Waals surface area (Å²) in [5.74, 6) is -0.157. The minimum Gasteiger partial charge on any atom is -0.383 e. The van der Waals surface area contributed by atoms with Crippen molar-refractivity contribution in [3.63, 3.8) is 0 Å². The van der Waals surface area contributed by atoms with Gasteiger partial charge in [-0.1, -0.05) is 24.3 Å². The molecule has 11 heteroatoms. The molecule has 3 aromatic heterocycles. The van der Waals surface area contributed by atoms with E-state index in [9.17, 15) is 14.0 Å². The minimum absolute atomic E-state index is 0.0156. The van der Waals surface area contributed by atoms with Gasteiger partial charge in [0.05, 0.1) is 5.39 Å². The summed E-state index contributed by atoms with van der Waals surface area (Å²) in [4.78, 5) is 38.0. The van der Waals surface area contributed by atoms with E-state index in [2.05, 4.69) is 24.8 Å². The van der Waals surface area contributed by atoms with E-state index in [1.807, 2.05) is 37.0 Å². The van der Waals surface area contributed by atoms with Crippen LogP contribution < -0.4 is 16.5 Å². The molecule has 0 radical (unpaired) electrons. The van der Waals surface area contributed by atoms with E-state index in [4.69, 9.17) is 10.5 Å². The molecule has 45 heavy (non-hydrogen) atoms. The fourth-order valence-electron chi connectivity index (χ4n) is 5.74. The summed E-state index contributed by atoms with van der Waals surface area (Å²) in [6, 6.07) is 13.1. The van der Waals surface area contributed by atoms with Gasteiger partial charge in [0.15, 0.2) is 0 Å². The Bertz CT molecular complexity index is 1880. The number of amides is 1. The van der Waals surface area contributed by atoms with Gasteiger partial charge in [0, 0.05) is 68.3 Å². The van der Waals surface area contributed by atoms with Crippen LogP contribution in [0.5, 0.6) is 0 Å². The van der Waals surface area contributed by atoms with Gasteiger partial charge >= 0.3 is 0 Å². The number of rotatable bonds is 9. The quantitative estimate of drug-likeness (QED) is 0.244. The first-order valence-electron chi connectivity index (χ1n) is 15.0. The Morgan fingerprint density at radius 3 is 2.40 bits per heavy atom. The second kappa shape index (κ2) is 13.0. The third-order valence-electron chi connectivity index (χ3n) is 8.21. The Morgan fingerprint density at radius 2 is 1.69 bits per heavy atom. The van der Waals surface area contributed by atoms with Crippen LogP contribution in [0.1, 0.15) is 23.2 Å². The average molecular weight is 610 g/mol. The monoisotopic (exact) mass is 609 g/mol. The molecular formula is C34H36FN7O3. The summed E-state index contributed by atoms with van der Waals surface area (Å²) in [5.41, 5.74) is 9.85. The summed E-state index contributed by atoms with van der Waals surface area (Å²) >= 11 is 0. The SMILES string of the molecule is CN(C)CCn1cc(-c2ccc(NC(=O)c3cn(CC4CCOCC4)cc(-c4ccc(F)cc4)c3=O)cc2)c2c(N)ncnc21. The number of ether oxygens (including phenoxy) is 1. The lowest BCUT2D eigenvalue weighted by molar-refractivity contribution is 0.0612. The van der Waals surface area contributed by atoms with E-state index in [0.29, 0.717) is 48.3 Å². The van der Waals surface area contributed by atoms with Gasteiger partial charge in [-0.25, -0.2) is 14.4 Å². The van der Waals surface area contributed by atoms with Crippen molar-refractivity contribution < 1.29 is 13.9 Å². The number of carbonyl (C=O) groups excluding carboxylic acids is 1. The lowest BCUT2D eigenvalue weighted by atomic mass is 9.99. The van der Waals surface area contributed by atoms with E-state index in [0.717, 1.165) is 48.1 Å². The number of nitrogens with zero attached hydrogens (tertiary/aromatic N) is 5. The third kappa shape index (κ3) is 6.64. The topological polar surface area (TPSA) is 120 Å². The van der Waals surface area contributed by atoms with Crippen LogP contribution in [0.15, 0.2) is 78.2 Å². The molecule has 232 valence electrons. The van der Waals surface area contributed by atoms with E-state index in [1.165, 1.54) is 18.5 Å². The van der Waals surface area contributed by atoms with Gasteiger partial charge in [-0.2, -0.15) is 0 Å². The van der Waals surface area contributed by atoms with Gasteiger partial charge in [0.25, 0.3) is 5.91 Å². The molecule has 0 bridgehead atoms. The predicted octanol–water partition coefficient (Wildman–Crippen LogP) is 4.89. The highest BCUT2D eigenvalue weighted by molar-refractivity contribution is 6.05. The summed E-state index contributed by atoms with van der Waals surface area (Å²) in [7, 11) is 4.03. The summed E-state index contributed by atoms with van der Waals surface area (Å²) < 4.78 is 23.1. The zero-order valence-corrected chi connectivity index (χ0v) is 25.4. The Labute approximate surface area is 260 Å². The van der Waals surface area contributed by atoms with Crippen molar-refractivity contribution in [1.29, 1.82) is 0 Å². The highest BCUT2D eigenvalue weighted by Gasteiger charge is 2.20. The largest absolute Gasteiger partial charge is 0.383 e. The summed E-state index contributed by atoms with van der Waals surface area (Å²) in [6.07, 6.45) is 8.65. The number of hydrogen-bond donors (Lipinski definition) is 2. The molecule has 10 nitrogen and oxygen atoms in total. The van der Waals surface area contributed by atoms with Crippen LogP contribution >= 0.6 is 0 Å². The van der Waals surface area contributed by atoms with Crippen LogP contribution in [0.2, 0.25) is 0 Å². The number of halogens is 1. The number of aromatic nitrogens is 4. The highest BCUT2D eigenvalue weighted by atomic mass is 19.1. The Balaban J connectivity index is 1.29. The maximum atomic E-state index is 13.7.